The Hall–Kier alpha value is -1.75. The van der Waals surface area contributed by atoms with Gasteiger partial charge in [0.15, 0.2) is 16.7 Å². The van der Waals surface area contributed by atoms with Crippen molar-refractivity contribution in [2.75, 3.05) is 0 Å². The van der Waals surface area contributed by atoms with Crippen LogP contribution in [0.25, 0.3) is 11.6 Å². The Morgan fingerprint density at radius 2 is 2.44 bits per heavy atom. The predicted octanol–water partition coefficient (Wildman–Crippen LogP) is 2.76. The monoisotopic (exact) mass is 266 g/mol. The smallest absolute Gasteiger partial charge is 0.326 e. The lowest BCUT2D eigenvalue weighted by Crippen LogP contribution is -2.25. The molecule has 1 N–H and O–H groups in total. The van der Waals surface area contributed by atoms with Crippen molar-refractivity contribution in [3.63, 3.8) is 0 Å². The highest BCUT2D eigenvalue weighted by Crippen LogP contribution is 2.35. The molecule has 3 heterocycles. The topological polar surface area (TPSA) is 68.3 Å². The first kappa shape index (κ1) is 11.3. The fourth-order valence-corrected chi connectivity index (χ4v) is 2.67. The third kappa shape index (κ3) is 1.62. The van der Waals surface area contributed by atoms with E-state index in [1.807, 2.05) is 0 Å². The molecule has 2 aromatic rings. The van der Waals surface area contributed by atoms with E-state index in [2.05, 4.69) is 4.98 Å². The lowest BCUT2D eigenvalue weighted by Gasteiger charge is -2.23. The van der Waals surface area contributed by atoms with Gasteiger partial charge in [-0.3, -0.25) is 0 Å². The number of halogens is 1. The van der Waals surface area contributed by atoms with E-state index < -0.39 is 12.0 Å². The Morgan fingerprint density at radius 3 is 3.11 bits per heavy atom. The number of aromatic nitrogens is 2. The minimum atomic E-state index is -0.863. The molecule has 3 rings (SSSR count). The molecule has 0 fully saturated rings. The SMILES string of the molecule is O=C(O)C1CCCc2c(Cl)nc(-c3ccco3)n21. The van der Waals surface area contributed by atoms with E-state index in [4.69, 9.17) is 16.0 Å². The largest absolute Gasteiger partial charge is 0.480 e. The third-order valence-electron chi connectivity index (χ3n) is 3.19. The standard InChI is InChI=1S/C12H11ClN2O3/c13-10-7-3-1-4-8(12(16)17)15(7)11(14-10)9-5-2-6-18-9/h2,5-6,8H,1,3-4H2,(H,16,17). The number of furan rings is 1. The highest BCUT2D eigenvalue weighted by atomic mass is 35.5. The predicted molar refractivity (Wildman–Crippen MR) is 64.5 cm³/mol. The van der Waals surface area contributed by atoms with Gasteiger partial charge in [-0.1, -0.05) is 11.6 Å². The summed E-state index contributed by atoms with van der Waals surface area (Å²) in [6, 6.07) is 2.87. The summed E-state index contributed by atoms with van der Waals surface area (Å²) in [4.78, 5) is 15.6. The number of imidazole rings is 1. The van der Waals surface area contributed by atoms with Gasteiger partial charge in [0.05, 0.1) is 12.0 Å². The minimum absolute atomic E-state index is 0.368. The average molecular weight is 267 g/mol. The lowest BCUT2D eigenvalue weighted by molar-refractivity contribution is -0.141. The zero-order chi connectivity index (χ0) is 12.7. The summed E-state index contributed by atoms with van der Waals surface area (Å²) in [5.74, 6) is 0.168. The van der Waals surface area contributed by atoms with Crippen LogP contribution in [0, 0.1) is 0 Å². The summed E-state index contributed by atoms with van der Waals surface area (Å²) in [6.45, 7) is 0. The Bertz CT molecular complexity index is 589. The first-order chi connectivity index (χ1) is 8.68. The van der Waals surface area contributed by atoms with E-state index in [0.29, 0.717) is 23.2 Å². The van der Waals surface area contributed by atoms with Crippen LogP contribution in [0.2, 0.25) is 5.15 Å². The number of hydrogen-bond acceptors (Lipinski definition) is 3. The van der Waals surface area contributed by atoms with Gasteiger partial charge in [0.2, 0.25) is 0 Å². The van der Waals surface area contributed by atoms with E-state index in [1.54, 1.807) is 16.7 Å². The van der Waals surface area contributed by atoms with Crippen LogP contribution in [0.1, 0.15) is 24.6 Å². The van der Waals surface area contributed by atoms with E-state index in [1.165, 1.54) is 6.26 Å². The molecule has 94 valence electrons. The van der Waals surface area contributed by atoms with Gasteiger partial charge < -0.3 is 14.1 Å². The van der Waals surface area contributed by atoms with Crippen molar-refractivity contribution < 1.29 is 14.3 Å². The third-order valence-corrected chi connectivity index (χ3v) is 3.49. The molecular formula is C12H11ClN2O3. The number of nitrogens with zero attached hydrogens (tertiary/aromatic N) is 2. The minimum Gasteiger partial charge on any atom is -0.480 e. The number of rotatable bonds is 2. The van der Waals surface area contributed by atoms with Crippen molar-refractivity contribution in [3.05, 3.63) is 29.2 Å². The fraction of sp³-hybridized carbons (Fsp3) is 0.333. The van der Waals surface area contributed by atoms with Gasteiger partial charge in [0.25, 0.3) is 0 Å². The van der Waals surface area contributed by atoms with Gasteiger partial charge in [-0.2, -0.15) is 0 Å². The summed E-state index contributed by atoms with van der Waals surface area (Å²) in [5.41, 5.74) is 0.779. The quantitative estimate of drug-likeness (QED) is 0.907. The second kappa shape index (κ2) is 4.17. The van der Waals surface area contributed by atoms with Crippen molar-refractivity contribution in [1.82, 2.24) is 9.55 Å². The number of carboxylic acids is 1. The molecule has 0 bridgehead atoms. The van der Waals surface area contributed by atoms with Gasteiger partial charge in [-0.15, -0.1) is 0 Å². The van der Waals surface area contributed by atoms with Crippen LogP contribution < -0.4 is 0 Å². The second-order valence-corrected chi connectivity index (χ2v) is 4.62. The zero-order valence-electron chi connectivity index (χ0n) is 9.47. The summed E-state index contributed by atoms with van der Waals surface area (Å²) in [5, 5.41) is 9.66. The van der Waals surface area contributed by atoms with Crippen LogP contribution in [0.5, 0.6) is 0 Å². The molecule has 0 amide bonds. The molecule has 0 saturated carbocycles. The number of hydrogen-bond donors (Lipinski definition) is 1. The first-order valence-electron chi connectivity index (χ1n) is 5.71. The fourth-order valence-electron chi connectivity index (χ4n) is 2.40. The van der Waals surface area contributed by atoms with E-state index in [9.17, 15) is 9.90 Å². The van der Waals surface area contributed by atoms with Crippen LogP contribution in [0.3, 0.4) is 0 Å². The van der Waals surface area contributed by atoms with Crippen molar-refractivity contribution >= 4 is 17.6 Å². The maximum Gasteiger partial charge on any atom is 0.326 e. The molecule has 1 atom stereocenters. The van der Waals surface area contributed by atoms with E-state index >= 15 is 0 Å². The van der Waals surface area contributed by atoms with Crippen molar-refractivity contribution in [2.45, 2.75) is 25.3 Å². The molecular weight excluding hydrogens is 256 g/mol. The highest BCUT2D eigenvalue weighted by molar-refractivity contribution is 6.30. The Labute approximate surface area is 108 Å². The van der Waals surface area contributed by atoms with Gasteiger partial charge in [-0.05, 0) is 31.4 Å². The maximum atomic E-state index is 11.3. The number of carboxylic acid groups (broad SMARTS) is 1. The van der Waals surface area contributed by atoms with Crippen LogP contribution in [-0.4, -0.2) is 20.6 Å². The Balaban J connectivity index is 2.20. The van der Waals surface area contributed by atoms with Crippen LogP contribution >= 0.6 is 11.6 Å². The lowest BCUT2D eigenvalue weighted by atomic mass is 10.0. The van der Waals surface area contributed by atoms with Crippen LogP contribution in [-0.2, 0) is 11.2 Å². The molecule has 5 nitrogen and oxygen atoms in total. The van der Waals surface area contributed by atoms with Crippen molar-refractivity contribution in [2.24, 2.45) is 0 Å². The van der Waals surface area contributed by atoms with Gasteiger partial charge >= 0.3 is 5.97 Å². The Kier molecular flexibility index (Phi) is 2.63. The molecule has 0 aliphatic carbocycles. The second-order valence-electron chi connectivity index (χ2n) is 4.27. The van der Waals surface area contributed by atoms with Gasteiger partial charge in [-0.25, -0.2) is 9.78 Å². The molecule has 2 aromatic heterocycles. The zero-order valence-corrected chi connectivity index (χ0v) is 10.2. The molecule has 1 aliphatic heterocycles. The summed E-state index contributed by atoms with van der Waals surface area (Å²) < 4.78 is 6.98. The van der Waals surface area contributed by atoms with Crippen molar-refractivity contribution in [3.8, 4) is 11.6 Å². The molecule has 0 saturated heterocycles. The average Bonchev–Trinajstić information content (AvgIpc) is 2.97. The van der Waals surface area contributed by atoms with Crippen LogP contribution in [0.15, 0.2) is 22.8 Å². The molecule has 0 aromatic carbocycles. The number of fused-ring (bicyclic) bond motifs is 1. The van der Waals surface area contributed by atoms with Gasteiger partial charge in [0, 0.05) is 0 Å². The van der Waals surface area contributed by atoms with Crippen molar-refractivity contribution in [1.29, 1.82) is 0 Å². The molecule has 6 heteroatoms. The normalized spacial score (nSPS) is 18.6. The molecule has 1 aliphatic rings. The van der Waals surface area contributed by atoms with E-state index in [0.717, 1.165) is 18.5 Å². The molecule has 0 spiro atoms. The molecule has 18 heavy (non-hydrogen) atoms. The highest BCUT2D eigenvalue weighted by Gasteiger charge is 2.31. The van der Waals surface area contributed by atoms with Gasteiger partial charge in [0.1, 0.15) is 6.04 Å². The summed E-state index contributed by atoms with van der Waals surface area (Å²) >= 11 is 6.08. The van der Waals surface area contributed by atoms with E-state index in [-0.39, 0.29) is 0 Å². The summed E-state index contributed by atoms with van der Waals surface area (Å²) in [7, 11) is 0. The first-order valence-corrected chi connectivity index (χ1v) is 6.09. The molecule has 0 radical (unpaired) electrons. The summed E-state index contributed by atoms with van der Waals surface area (Å²) in [6.07, 6.45) is 3.67. The number of aliphatic carboxylic acids is 1. The van der Waals surface area contributed by atoms with Crippen LogP contribution in [0.4, 0.5) is 0 Å². The maximum absolute atomic E-state index is 11.3. The molecule has 1 unspecified atom stereocenters. The Morgan fingerprint density at radius 1 is 1.61 bits per heavy atom. The number of carbonyl (C=O) groups is 1.